The SMILES string of the molecule is Cc1cc(C(=O)N2CCCC(CCc3ccccc3F)C2)no1. The van der Waals surface area contributed by atoms with Crippen molar-refractivity contribution >= 4 is 5.91 Å². The van der Waals surface area contributed by atoms with Gasteiger partial charge in [-0.3, -0.25) is 4.79 Å². The summed E-state index contributed by atoms with van der Waals surface area (Å²) in [4.78, 5) is 14.3. The van der Waals surface area contributed by atoms with Crippen molar-refractivity contribution in [1.82, 2.24) is 10.1 Å². The molecule has 1 aliphatic heterocycles. The van der Waals surface area contributed by atoms with Crippen molar-refractivity contribution in [2.75, 3.05) is 13.1 Å². The molecule has 1 fully saturated rings. The minimum absolute atomic E-state index is 0.0718. The minimum atomic E-state index is -0.144. The van der Waals surface area contributed by atoms with E-state index in [4.69, 9.17) is 4.52 Å². The minimum Gasteiger partial charge on any atom is -0.361 e. The third kappa shape index (κ3) is 3.78. The molecule has 1 aromatic heterocycles. The standard InChI is InChI=1S/C18H21FN2O2/c1-13-11-17(20-23-13)18(22)21-10-4-5-14(12-21)8-9-15-6-2-3-7-16(15)19/h2-3,6-7,11,14H,4-5,8-10,12H2,1H3. The molecule has 1 amide bonds. The zero-order valence-corrected chi connectivity index (χ0v) is 13.3. The van der Waals surface area contributed by atoms with Gasteiger partial charge in [-0.25, -0.2) is 4.39 Å². The quantitative estimate of drug-likeness (QED) is 0.865. The van der Waals surface area contributed by atoms with Crippen molar-refractivity contribution in [3.63, 3.8) is 0 Å². The van der Waals surface area contributed by atoms with Crippen molar-refractivity contribution in [3.8, 4) is 0 Å². The number of benzene rings is 1. The second-order valence-corrected chi connectivity index (χ2v) is 6.21. The first kappa shape index (κ1) is 15.7. The first-order valence-corrected chi connectivity index (χ1v) is 8.09. The number of piperidine rings is 1. The molecule has 122 valence electrons. The van der Waals surface area contributed by atoms with E-state index in [1.54, 1.807) is 19.1 Å². The third-order valence-corrected chi connectivity index (χ3v) is 4.43. The predicted octanol–water partition coefficient (Wildman–Crippen LogP) is 3.61. The number of amides is 1. The van der Waals surface area contributed by atoms with Gasteiger partial charge in [0.05, 0.1) is 0 Å². The van der Waals surface area contributed by atoms with Gasteiger partial charge in [-0.05, 0) is 50.2 Å². The lowest BCUT2D eigenvalue weighted by Gasteiger charge is -2.32. The molecule has 0 radical (unpaired) electrons. The number of carbonyl (C=O) groups excluding carboxylic acids is 1. The van der Waals surface area contributed by atoms with Gasteiger partial charge < -0.3 is 9.42 Å². The molecule has 2 heterocycles. The second kappa shape index (κ2) is 6.94. The van der Waals surface area contributed by atoms with Crippen LogP contribution in [0.3, 0.4) is 0 Å². The highest BCUT2D eigenvalue weighted by Crippen LogP contribution is 2.23. The summed E-state index contributed by atoms with van der Waals surface area (Å²) in [5.41, 5.74) is 1.13. The van der Waals surface area contributed by atoms with Crippen LogP contribution in [0.1, 0.15) is 41.1 Å². The largest absolute Gasteiger partial charge is 0.361 e. The Morgan fingerprint density at radius 1 is 1.43 bits per heavy atom. The molecule has 5 heteroatoms. The highest BCUT2D eigenvalue weighted by molar-refractivity contribution is 5.92. The van der Waals surface area contributed by atoms with Crippen molar-refractivity contribution in [3.05, 3.63) is 53.2 Å². The fourth-order valence-corrected chi connectivity index (χ4v) is 3.18. The summed E-state index contributed by atoms with van der Waals surface area (Å²) >= 11 is 0. The van der Waals surface area contributed by atoms with E-state index < -0.39 is 0 Å². The summed E-state index contributed by atoms with van der Waals surface area (Å²) in [6, 6.07) is 8.57. The summed E-state index contributed by atoms with van der Waals surface area (Å²) in [6.07, 6.45) is 3.66. The Morgan fingerprint density at radius 2 is 2.26 bits per heavy atom. The van der Waals surface area contributed by atoms with Crippen molar-refractivity contribution in [2.24, 2.45) is 5.92 Å². The van der Waals surface area contributed by atoms with E-state index in [2.05, 4.69) is 5.16 Å². The molecule has 3 rings (SSSR count). The molecule has 0 N–H and O–H groups in total. The summed E-state index contributed by atoms with van der Waals surface area (Å²) in [6.45, 7) is 3.23. The Bertz CT molecular complexity index is 683. The molecule has 1 unspecified atom stereocenters. The number of likely N-dealkylation sites (tertiary alicyclic amines) is 1. The van der Waals surface area contributed by atoms with E-state index in [1.165, 1.54) is 6.07 Å². The topological polar surface area (TPSA) is 46.3 Å². The van der Waals surface area contributed by atoms with Crippen LogP contribution in [0.15, 0.2) is 34.9 Å². The van der Waals surface area contributed by atoms with E-state index in [1.807, 2.05) is 17.0 Å². The van der Waals surface area contributed by atoms with Crippen LogP contribution >= 0.6 is 0 Å². The maximum atomic E-state index is 13.7. The van der Waals surface area contributed by atoms with Crippen LogP contribution in [-0.2, 0) is 6.42 Å². The highest BCUT2D eigenvalue weighted by Gasteiger charge is 2.26. The smallest absolute Gasteiger partial charge is 0.276 e. The van der Waals surface area contributed by atoms with Gasteiger partial charge >= 0.3 is 0 Å². The maximum Gasteiger partial charge on any atom is 0.276 e. The van der Waals surface area contributed by atoms with E-state index in [-0.39, 0.29) is 11.7 Å². The highest BCUT2D eigenvalue weighted by atomic mass is 19.1. The number of carbonyl (C=O) groups is 1. The lowest BCUT2D eigenvalue weighted by atomic mass is 9.91. The van der Waals surface area contributed by atoms with E-state index >= 15 is 0 Å². The van der Waals surface area contributed by atoms with Crippen LogP contribution < -0.4 is 0 Å². The Labute approximate surface area is 135 Å². The van der Waals surface area contributed by atoms with Crippen molar-refractivity contribution in [2.45, 2.75) is 32.6 Å². The molecular weight excluding hydrogens is 295 g/mol. The van der Waals surface area contributed by atoms with E-state index in [0.29, 0.717) is 30.3 Å². The lowest BCUT2D eigenvalue weighted by molar-refractivity contribution is 0.0657. The molecule has 2 aromatic rings. The zero-order valence-electron chi connectivity index (χ0n) is 13.3. The van der Waals surface area contributed by atoms with Gasteiger partial charge in [0, 0.05) is 19.2 Å². The van der Waals surface area contributed by atoms with E-state index in [9.17, 15) is 9.18 Å². The molecule has 0 saturated carbocycles. The van der Waals surface area contributed by atoms with Crippen LogP contribution in [-0.4, -0.2) is 29.1 Å². The average Bonchev–Trinajstić information content (AvgIpc) is 3.00. The van der Waals surface area contributed by atoms with Gasteiger partial charge in [0.2, 0.25) is 0 Å². The van der Waals surface area contributed by atoms with Gasteiger partial charge in [0.25, 0.3) is 5.91 Å². The number of halogens is 1. The molecule has 1 atom stereocenters. The Morgan fingerprint density at radius 3 is 3.00 bits per heavy atom. The molecule has 1 aromatic carbocycles. The number of hydrogen-bond donors (Lipinski definition) is 0. The summed E-state index contributed by atoms with van der Waals surface area (Å²) in [5.74, 6) is 0.827. The van der Waals surface area contributed by atoms with Crippen LogP contribution in [0.4, 0.5) is 4.39 Å². The summed E-state index contributed by atoms with van der Waals surface area (Å²) < 4.78 is 18.7. The predicted molar refractivity (Wildman–Crippen MR) is 84.6 cm³/mol. The maximum absolute atomic E-state index is 13.7. The van der Waals surface area contributed by atoms with Crippen molar-refractivity contribution in [1.29, 1.82) is 0 Å². The average molecular weight is 316 g/mol. The number of nitrogens with zero attached hydrogens (tertiary/aromatic N) is 2. The molecule has 23 heavy (non-hydrogen) atoms. The number of hydrogen-bond acceptors (Lipinski definition) is 3. The molecular formula is C18H21FN2O2. The number of aryl methyl sites for hydroxylation is 2. The van der Waals surface area contributed by atoms with Gasteiger partial charge in [0.1, 0.15) is 11.6 Å². The lowest BCUT2D eigenvalue weighted by Crippen LogP contribution is -2.40. The first-order valence-electron chi connectivity index (χ1n) is 8.09. The van der Waals surface area contributed by atoms with Gasteiger partial charge in [-0.15, -0.1) is 0 Å². The first-order chi connectivity index (χ1) is 11.1. The summed E-state index contributed by atoms with van der Waals surface area (Å²) in [7, 11) is 0. The third-order valence-electron chi connectivity index (χ3n) is 4.43. The van der Waals surface area contributed by atoms with Crippen LogP contribution in [0.5, 0.6) is 0 Å². The van der Waals surface area contributed by atoms with Crippen LogP contribution in [0.25, 0.3) is 0 Å². The Kier molecular flexibility index (Phi) is 4.74. The summed E-state index contributed by atoms with van der Waals surface area (Å²) in [5, 5.41) is 3.81. The second-order valence-electron chi connectivity index (χ2n) is 6.21. The molecule has 0 bridgehead atoms. The fraction of sp³-hybridized carbons (Fsp3) is 0.444. The fourth-order valence-electron chi connectivity index (χ4n) is 3.18. The van der Waals surface area contributed by atoms with Gasteiger partial charge in [-0.1, -0.05) is 23.4 Å². The van der Waals surface area contributed by atoms with Crippen LogP contribution in [0, 0.1) is 18.7 Å². The van der Waals surface area contributed by atoms with Gasteiger partial charge in [-0.2, -0.15) is 0 Å². The zero-order chi connectivity index (χ0) is 16.2. The molecule has 1 saturated heterocycles. The molecule has 4 nitrogen and oxygen atoms in total. The van der Waals surface area contributed by atoms with Gasteiger partial charge in [0.15, 0.2) is 5.69 Å². The number of rotatable bonds is 4. The molecule has 1 aliphatic rings. The number of aromatic nitrogens is 1. The van der Waals surface area contributed by atoms with E-state index in [0.717, 1.165) is 31.4 Å². The van der Waals surface area contributed by atoms with Crippen LogP contribution in [0.2, 0.25) is 0 Å². The molecule has 0 aliphatic carbocycles. The Hall–Kier alpha value is -2.17. The monoisotopic (exact) mass is 316 g/mol. The Balaban J connectivity index is 1.58. The normalized spacial score (nSPS) is 18.2. The van der Waals surface area contributed by atoms with Crippen molar-refractivity contribution < 1.29 is 13.7 Å². The molecule has 0 spiro atoms.